The van der Waals surface area contributed by atoms with Gasteiger partial charge in [-0.15, -0.1) is 0 Å². The predicted molar refractivity (Wildman–Crippen MR) is 50.5 cm³/mol. The Morgan fingerprint density at radius 2 is 1.88 bits per heavy atom. The van der Waals surface area contributed by atoms with Gasteiger partial charge in [0.15, 0.2) is 0 Å². The van der Waals surface area contributed by atoms with E-state index in [-0.39, 0.29) is 0 Å². The fourth-order valence-electron chi connectivity index (χ4n) is 1.08. The van der Waals surface area contributed by atoms with Crippen LogP contribution < -0.4 is 5.32 Å². The van der Waals surface area contributed by atoms with E-state index in [1.807, 2.05) is 0 Å². The number of aliphatic hydroxyl groups excluding tert-OH is 1. The van der Waals surface area contributed by atoms with E-state index in [2.05, 4.69) is 0 Å². The Bertz CT molecular complexity index is 351. The molecule has 0 spiro atoms. The molecular formula is C10H10F3NO2. The van der Waals surface area contributed by atoms with Crippen LogP contribution in [0.5, 0.6) is 0 Å². The number of halogens is 3. The molecule has 1 aromatic rings. The molecule has 0 aliphatic heterocycles. The van der Waals surface area contributed by atoms with E-state index in [4.69, 9.17) is 0 Å². The Kier molecular flexibility index (Phi) is 3.89. The lowest BCUT2D eigenvalue weighted by molar-refractivity contribution is -0.174. The van der Waals surface area contributed by atoms with Crippen LogP contribution in [0.1, 0.15) is 11.7 Å². The van der Waals surface area contributed by atoms with E-state index < -0.39 is 24.7 Å². The molecule has 0 saturated carbocycles. The van der Waals surface area contributed by atoms with Crippen LogP contribution in [0.15, 0.2) is 30.3 Å². The SMILES string of the molecule is O=C(NC[C@H](O)c1ccccc1)C(F)(F)F. The summed E-state index contributed by atoms with van der Waals surface area (Å²) in [4.78, 5) is 10.5. The molecule has 1 atom stereocenters. The average molecular weight is 233 g/mol. The van der Waals surface area contributed by atoms with Crippen LogP contribution in [0, 0.1) is 0 Å². The van der Waals surface area contributed by atoms with Crippen molar-refractivity contribution in [3.63, 3.8) is 0 Å². The highest BCUT2D eigenvalue weighted by atomic mass is 19.4. The number of carbonyl (C=O) groups is 1. The third-order valence-corrected chi connectivity index (χ3v) is 1.90. The lowest BCUT2D eigenvalue weighted by atomic mass is 10.1. The van der Waals surface area contributed by atoms with Gasteiger partial charge in [-0.2, -0.15) is 13.2 Å². The second-order valence-electron chi connectivity index (χ2n) is 3.13. The average Bonchev–Trinajstić information content (AvgIpc) is 2.25. The first kappa shape index (κ1) is 12.5. The normalized spacial score (nSPS) is 13.2. The predicted octanol–water partition coefficient (Wildman–Crippen LogP) is 1.40. The van der Waals surface area contributed by atoms with Crippen molar-refractivity contribution in [2.24, 2.45) is 0 Å². The Labute approximate surface area is 89.9 Å². The lowest BCUT2D eigenvalue weighted by Gasteiger charge is -2.13. The zero-order chi connectivity index (χ0) is 12.2. The number of rotatable bonds is 3. The number of benzene rings is 1. The van der Waals surface area contributed by atoms with E-state index in [0.717, 1.165) is 0 Å². The van der Waals surface area contributed by atoms with Gasteiger partial charge in [-0.3, -0.25) is 4.79 Å². The number of alkyl halides is 3. The minimum atomic E-state index is -4.92. The fourth-order valence-corrected chi connectivity index (χ4v) is 1.08. The molecule has 1 aromatic carbocycles. The van der Waals surface area contributed by atoms with Crippen molar-refractivity contribution in [1.82, 2.24) is 5.32 Å². The first-order valence-electron chi connectivity index (χ1n) is 4.49. The van der Waals surface area contributed by atoms with Crippen molar-refractivity contribution in [2.75, 3.05) is 6.54 Å². The van der Waals surface area contributed by atoms with E-state index in [1.165, 1.54) is 0 Å². The smallest absolute Gasteiger partial charge is 0.387 e. The van der Waals surface area contributed by atoms with Crippen molar-refractivity contribution in [3.05, 3.63) is 35.9 Å². The largest absolute Gasteiger partial charge is 0.471 e. The zero-order valence-corrected chi connectivity index (χ0v) is 8.16. The van der Waals surface area contributed by atoms with Crippen molar-refractivity contribution in [3.8, 4) is 0 Å². The summed E-state index contributed by atoms with van der Waals surface area (Å²) in [6.07, 6.45) is -6.07. The van der Waals surface area contributed by atoms with Crippen LogP contribution in [-0.4, -0.2) is 23.7 Å². The molecule has 16 heavy (non-hydrogen) atoms. The molecule has 0 fully saturated rings. The van der Waals surface area contributed by atoms with Crippen molar-refractivity contribution >= 4 is 5.91 Å². The van der Waals surface area contributed by atoms with Gasteiger partial charge in [0.05, 0.1) is 6.10 Å². The van der Waals surface area contributed by atoms with Gasteiger partial charge in [-0.1, -0.05) is 30.3 Å². The zero-order valence-electron chi connectivity index (χ0n) is 8.16. The Balaban J connectivity index is 2.48. The number of carbonyl (C=O) groups excluding carboxylic acids is 1. The van der Waals surface area contributed by atoms with Gasteiger partial charge in [0.2, 0.25) is 0 Å². The van der Waals surface area contributed by atoms with Crippen LogP contribution in [-0.2, 0) is 4.79 Å². The molecule has 0 heterocycles. The van der Waals surface area contributed by atoms with Gasteiger partial charge in [-0.05, 0) is 5.56 Å². The molecule has 88 valence electrons. The van der Waals surface area contributed by atoms with Crippen molar-refractivity contribution in [1.29, 1.82) is 0 Å². The van der Waals surface area contributed by atoms with E-state index in [9.17, 15) is 23.1 Å². The summed E-state index contributed by atoms with van der Waals surface area (Å²) in [6.45, 7) is -0.470. The Morgan fingerprint density at radius 1 is 1.31 bits per heavy atom. The molecule has 6 heteroatoms. The second kappa shape index (κ2) is 4.98. The maximum atomic E-state index is 11.8. The molecule has 3 nitrogen and oxygen atoms in total. The second-order valence-corrected chi connectivity index (χ2v) is 3.13. The molecule has 0 saturated heterocycles. The van der Waals surface area contributed by atoms with Gasteiger partial charge in [0.1, 0.15) is 0 Å². The van der Waals surface area contributed by atoms with Gasteiger partial charge < -0.3 is 10.4 Å². The first-order chi connectivity index (χ1) is 7.41. The number of aliphatic hydroxyl groups is 1. The summed E-state index contributed by atoms with van der Waals surface area (Å²) < 4.78 is 35.4. The standard InChI is InChI=1S/C10H10F3NO2/c11-10(12,13)9(16)14-6-8(15)7-4-2-1-3-5-7/h1-5,8,15H,6H2,(H,14,16)/t8-/m0/s1. The van der Waals surface area contributed by atoms with Crippen LogP contribution >= 0.6 is 0 Å². The van der Waals surface area contributed by atoms with Crippen molar-refractivity contribution < 1.29 is 23.1 Å². The third-order valence-electron chi connectivity index (χ3n) is 1.90. The van der Waals surface area contributed by atoms with E-state index in [1.54, 1.807) is 35.6 Å². The molecule has 0 radical (unpaired) electrons. The van der Waals surface area contributed by atoms with Gasteiger partial charge >= 0.3 is 12.1 Å². The number of amides is 1. The highest BCUT2D eigenvalue weighted by Crippen LogP contribution is 2.15. The van der Waals surface area contributed by atoms with E-state index in [0.29, 0.717) is 5.56 Å². The molecule has 1 rings (SSSR count). The molecule has 0 aromatic heterocycles. The highest BCUT2D eigenvalue weighted by molar-refractivity contribution is 5.81. The summed E-state index contributed by atoms with van der Waals surface area (Å²) in [6, 6.07) is 8.12. The molecule has 0 aliphatic carbocycles. The van der Waals surface area contributed by atoms with Crippen molar-refractivity contribution in [2.45, 2.75) is 12.3 Å². The van der Waals surface area contributed by atoms with Gasteiger partial charge in [-0.25, -0.2) is 0 Å². The monoisotopic (exact) mass is 233 g/mol. The molecule has 0 unspecified atom stereocenters. The van der Waals surface area contributed by atoms with Crippen LogP contribution in [0.25, 0.3) is 0 Å². The molecule has 1 amide bonds. The summed E-state index contributed by atoms with van der Waals surface area (Å²) in [5, 5.41) is 11.1. The third kappa shape index (κ3) is 3.54. The van der Waals surface area contributed by atoms with Gasteiger partial charge in [0.25, 0.3) is 0 Å². The summed E-state index contributed by atoms with van der Waals surface area (Å²) >= 11 is 0. The van der Waals surface area contributed by atoms with E-state index >= 15 is 0 Å². The quantitative estimate of drug-likeness (QED) is 0.829. The number of nitrogens with one attached hydrogen (secondary N) is 1. The summed E-state index contributed by atoms with van der Waals surface area (Å²) in [7, 11) is 0. The van der Waals surface area contributed by atoms with Crippen LogP contribution in [0.4, 0.5) is 13.2 Å². The van der Waals surface area contributed by atoms with Gasteiger partial charge in [0, 0.05) is 6.54 Å². The molecule has 0 bridgehead atoms. The fraction of sp³-hybridized carbons (Fsp3) is 0.300. The first-order valence-corrected chi connectivity index (χ1v) is 4.49. The topological polar surface area (TPSA) is 49.3 Å². The Hall–Kier alpha value is -1.56. The minimum absolute atomic E-state index is 0.449. The lowest BCUT2D eigenvalue weighted by Crippen LogP contribution is -2.38. The maximum absolute atomic E-state index is 11.8. The molecule has 2 N–H and O–H groups in total. The number of hydrogen-bond donors (Lipinski definition) is 2. The van der Waals surface area contributed by atoms with Crippen LogP contribution in [0.2, 0.25) is 0 Å². The molecular weight excluding hydrogens is 223 g/mol. The van der Waals surface area contributed by atoms with Crippen LogP contribution in [0.3, 0.4) is 0 Å². The number of hydrogen-bond acceptors (Lipinski definition) is 2. The Morgan fingerprint density at radius 3 is 2.38 bits per heavy atom. The minimum Gasteiger partial charge on any atom is -0.387 e. The maximum Gasteiger partial charge on any atom is 0.471 e. The molecule has 0 aliphatic rings. The summed E-state index contributed by atoms with van der Waals surface area (Å²) in [5.41, 5.74) is 0.449. The highest BCUT2D eigenvalue weighted by Gasteiger charge is 2.38. The summed E-state index contributed by atoms with van der Waals surface area (Å²) in [5.74, 6) is -2.05.